The summed E-state index contributed by atoms with van der Waals surface area (Å²) >= 11 is 1.25. The molecule has 0 radical (unpaired) electrons. The number of rotatable bonds is 5. The SMILES string of the molecule is CC(C)=CCO[C@H]1CCOC[C@H]1NC(=O)c1csc(N)n1. The van der Waals surface area contributed by atoms with Gasteiger partial charge in [0.1, 0.15) is 5.69 Å². The molecule has 1 aliphatic rings. The monoisotopic (exact) mass is 311 g/mol. The van der Waals surface area contributed by atoms with Gasteiger partial charge >= 0.3 is 0 Å². The van der Waals surface area contributed by atoms with Gasteiger partial charge in [-0.05, 0) is 20.3 Å². The average molecular weight is 311 g/mol. The molecule has 6 nitrogen and oxygen atoms in total. The van der Waals surface area contributed by atoms with Gasteiger partial charge in [0.05, 0.1) is 25.4 Å². The third-order valence-electron chi connectivity index (χ3n) is 3.17. The molecule has 2 rings (SSSR count). The summed E-state index contributed by atoms with van der Waals surface area (Å²) in [5.74, 6) is -0.241. The Morgan fingerprint density at radius 2 is 2.48 bits per heavy atom. The van der Waals surface area contributed by atoms with Crippen molar-refractivity contribution in [2.75, 3.05) is 25.6 Å². The number of nitrogens with one attached hydrogen (secondary N) is 1. The first kappa shape index (κ1) is 15.9. The summed E-state index contributed by atoms with van der Waals surface area (Å²) in [6.07, 6.45) is 2.74. The van der Waals surface area contributed by atoms with Crippen molar-refractivity contribution in [3.63, 3.8) is 0 Å². The van der Waals surface area contributed by atoms with Crippen LogP contribution in [0.25, 0.3) is 0 Å². The van der Waals surface area contributed by atoms with E-state index in [2.05, 4.69) is 10.3 Å². The fraction of sp³-hybridized carbons (Fsp3) is 0.571. The zero-order valence-electron chi connectivity index (χ0n) is 12.3. The lowest BCUT2D eigenvalue weighted by Crippen LogP contribution is -2.50. The van der Waals surface area contributed by atoms with Crippen molar-refractivity contribution in [2.45, 2.75) is 32.4 Å². The number of aromatic nitrogens is 1. The Balaban J connectivity index is 1.92. The van der Waals surface area contributed by atoms with Gasteiger partial charge in [-0.2, -0.15) is 0 Å². The van der Waals surface area contributed by atoms with Crippen LogP contribution in [-0.2, 0) is 9.47 Å². The first-order valence-electron chi connectivity index (χ1n) is 6.91. The van der Waals surface area contributed by atoms with Gasteiger partial charge in [0.25, 0.3) is 5.91 Å². The molecule has 1 aromatic rings. The molecule has 0 bridgehead atoms. The van der Waals surface area contributed by atoms with Crippen LogP contribution in [0.5, 0.6) is 0 Å². The van der Waals surface area contributed by atoms with Crippen LogP contribution < -0.4 is 11.1 Å². The molecule has 1 fully saturated rings. The van der Waals surface area contributed by atoms with Crippen molar-refractivity contribution in [2.24, 2.45) is 0 Å². The average Bonchev–Trinajstić information content (AvgIpc) is 2.87. The number of nitrogens with zero attached hydrogens (tertiary/aromatic N) is 1. The van der Waals surface area contributed by atoms with E-state index in [0.717, 1.165) is 6.42 Å². The van der Waals surface area contributed by atoms with Gasteiger partial charge < -0.3 is 20.5 Å². The predicted octanol–water partition coefficient (Wildman–Crippen LogP) is 1.60. The number of anilines is 1. The number of hydrogen-bond donors (Lipinski definition) is 2. The molecular weight excluding hydrogens is 290 g/mol. The zero-order valence-corrected chi connectivity index (χ0v) is 13.1. The topological polar surface area (TPSA) is 86.5 Å². The smallest absolute Gasteiger partial charge is 0.271 e. The van der Waals surface area contributed by atoms with Crippen LogP contribution in [0, 0.1) is 0 Å². The minimum Gasteiger partial charge on any atom is -0.379 e. The summed E-state index contributed by atoms with van der Waals surface area (Å²) < 4.78 is 11.3. The molecule has 1 aliphatic heterocycles. The van der Waals surface area contributed by atoms with Crippen LogP contribution in [-0.4, -0.2) is 42.9 Å². The Morgan fingerprint density at radius 1 is 1.67 bits per heavy atom. The third-order valence-corrected chi connectivity index (χ3v) is 3.84. The summed E-state index contributed by atoms with van der Waals surface area (Å²) in [6, 6.07) is -0.167. The van der Waals surface area contributed by atoms with E-state index in [-0.39, 0.29) is 18.1 Å². The first-order valence-corrected chi connectivity index (χ1v) is 7.79. The van der Waals surface area contributed by atoms with Crippen LogP contribution in [0.1, 0.15) is 30.8 Å². The molecule has 3 N–H and O–H groups in total. The second kappa shape index (κ2) is 7.53. The molecule has 1 aromatic heterocycles. The number of thiazole rings is 1. The second-order valence-electron chi connectivity index (χ2n) is 5.17. The van der Waals surface area contributed by atoms with Crippen molar-refractivity contribution >= 4 is 22.4 Å². The number of allylic oxidation sites excluding steroid dienone is 1. The normalized spacial score (nSPS) is 21.8. The highest BCUT2D eigenvalue weighted by atomic mass is 32.1. The van der Waals surface area contributed by atoms with Crippen molar-refractivity contribution in [3.05, 3.63) is 22.7 Å². The van der Waals surface area contributed by atoms with Gasteiger partial charge in [-0.15, -0.1) is 11.3 Å². The van der Waals surface area contributed by atoms with Crippen LogP contribution >= 0.6 is 11.3 Å². The molecule has 1 saturated heterocycles. The van der Waals surface area contributed by atoms with Gasteiger partial charge in [-0.25, -0.2) is 4.98 Å². The standard InChI is InChI=1S/C14H21N3O3S/c1-9(2)3-6-20-12-4-5-19-7-10(12)16-13(18)11-8-21-14(15)17-11/h3,8,10,12H,4-7H2,1-2H3,(H2,15,17)(H,16,18)/t10-,12+/m1/s1. The highest BCUT2D eigenvalue weighted by Gasteiger charge is 2.28. The van der Waals surface area contributed by atoms with E-state index in [1.165, 1.54) is 16.9 Å². The van der Waals surface area contributed by atoms with E-state index in [9.17, 15) is 4.79 Å². The molecule has 21 heavy (non-hydrogen) atoms. The third kappa shape index (κ3) is 4.80. The molecule has 2 heterocycles. The molecule has 2 atom stereocenters. The summed E-state index contributed by atoms with van der Waals surface area (Å²) in [7, 11) is 0. The maximum atomic E-state index is 12.1. The Morgan fingerprint density at radius 3 is 3.14 bits per heavy atom. The molecule has 116 valence electrons. The van der Waals surface area contributed by atoms with Gasteiger partial charge in [0.15, 0.2) is 5.13 Å². The van der Waals surface area contributed by atoms with Gasteiger partial charge in [0, 0.05) is 12.0 Å². The fourth-order valence-electron chi connectivity index (χ4n) is 2.03. The number of hydrogen-bond acceptors (Lipinski definition) is 6. The van der Waals surface area contributed by atoms with Crippen molar-refractivity contribution in [3.8, 4) is 0 Å². The summed E-state index contributed by atoms with van der Waals surface area (Å²) in [6.45, 7) is 5.70. The van der Waals surface area contributed by atoms with Crippen LogP contribution in [0.3, 0.4) is 0 Å². The van der Waals surface area contributed by atoms with Gasteiger partial charge in [-0.1, -0.05) is 11.6 Å². The molecular formula is C14H21N3O3S. The Hall–Kier alpha value is -1.44. The quantitative estimate of drug-likeness (QED) is 0.807. The predicted molar refractivity (Wildman–Crippen MR) is 82.4 cm³/mol. The summed E-state index contributed by atoms with van der Waals surface area (Å²) in [4.78, 5) is 16.1. The van der Waals surface area contributed by atoms with Gasteiger partial charge in [-0.3, -0.25) is 4.79 Å². The molecule has 1 amide bonds. The highest BCUT2D eigenvalue weighted by Crippen LogP contribution is 2.15. The molecule has 0 aliphatic carbocycles. The molecule has 7 heteroatoms. The van der Waals surface area contributed by atoms with Crippen molar-refractivity contribution in [1.29, 1.82) is 0 Å². The minimum atomic E-state index is -0.241. The van der Waals surface area contributed by atoms with E-state index in [1.54, 1.807) is 5.38 Å². The largest absolute Gasteiger partial charge is 0.379 e. The van der Waals surface area contributed by atoms with Crippen molar-refractivity contribution in [1.82, 2.24) is 10.3 Å². The number of nitrogen functional groups attached to an aromatic ring is 1. The lowest BCUT2D eigenvalue weighted by molar-refractivity contribution is -0.0457. The summed E-state index contributed by atoms with van der Waals surface area (Å²) in [5, 5.41) is 4.95. The van der Waals surface area contributed by atoms with E-state index < -0.39 is 0 Å². The first-order chi connectivity index (χ1) is 10.1. The molecule has 0 aromatic carbocycles. The lowest BCUT2D eigenvalue weighted by Gasteiger charge is -2.31. The summed E-state index contributed by atoms with van der Waals surface area (Å²) in [5.41, 5.74) is 7.09. The second-order valence-corrected chi connectivity index (χ2v) is 6.06. The number of carbonyl (C=O) groups is 1. The zero-order chi connectivity index (χ0) is 15.2. The van der Waals surface area contributed by atoms with E-state index >= 15 is 0 Å². The molecule has 0 spiro atoms. The maximum absolute atomic E-state index is 12.1. The van der Waals surface area contributed by atoms with Crippen LogP contribution in [0.4, 0.5) is 5.13 Å². The van der Waals surface area contributed by atoms with E-state index in [4.69, 9.17) is 15.2 Å². The fourth-order valence-corrected chi connectivity index (χ4v) is 2.57. The Bertz CT molecular complexity index is 511. The maximum Gasteiger partial charge on any atom is 0.271 e. The highest BCUT2D eigenvalue weighted by molar-refractivity contribution is 7.13. The van der Waals surface area contributed by atoms with Crippen molar-refractivity contribution < 1.29 is 14.3 Å². The minimum absolute atomic E-state index is 0.0470. The van der Waals surface area contributed by atoms with Crippen LogP contribution in [0.15, 0.2) is 17.0 Å². The van der Waals surface area contributed by atoms with Gasteiger partial charge in [0.2, 0.25) is 0 Å². The number of nitrogens with two attached hydrogens (primary N) is 1. The number of ether oxygens (including phenoxy) is 2. The lowest BCUT2D eigenvalue weighted by atomic mass is 10.1. The number of carbonyl (C=O) groups excluding carboxylic acids is 1. The Kier molecular flexibility index (Phi) is 5.72. The Labute approximate surface area is 128 Å². The van der Waals surface area contributed by atoms with Crippen LogP contribution in [0.2, 0.25) is 0 Å². The molecule has 0 unspecified atom stereocenters. The molecule has 0 saturated carbocycles. The van der Waals surface area contributed by atoms with E-state index in [1.807, 2.05) is 19.9 Å². The number of amides is 1. The van der Waals surface area contributed by atoms with E-state index in [0.29, 0.717) is 30.6 Å².